The topological polar surface area (TPSA) is 42.0 Å². The van der Waals surface area contributed by atoms with Crippen LogP contribution in [0, 0.1) is 0 Å². The molecule has 0 N–H and O–H groups in total. The van der Waals surface area contributed by atoms with Crippen LogP contribution in [0.4, 0.5) is 0 Å². The number of fused-ring (bicyclic) bond motifs is 2. The van der Waals surface area contributed by atoms with Crippen molar-refractivity contribution in [2.45, 2.75) is 24.9 Å². The summed E-state index contributed by atoms with van der Waals surface area (Å²) in [4.78, 5) is 16.3. The second-order valence-corrected chi connectivity index (χ2v) is 6.96. The third-order valence-corrected chi connectivity index (χ3v) is 5.65. The third kappa shape index (κ3) is 1.98. The Morgan fingerprint density at radius 3 is 3.00 bits per heavy atom. The molecular formula is C14H14N2O3S2. The average Bonchev–Trinajstić information content (AvgIpc) is 3.13. The number of carbonyl (C=O) groups excluding carboxylic acids is 1. The zero-order valence-corrected chi connectivity index (χ0v) is 13.1. The van der Waals surface area contributed by atoms with Crippen LogP contribution in [0.5, 0.6) is 11.5 Å². The zero-order valence-electron chi connectivity index (χ0n) is 11.4. The number of hydrogen-bond donors (Lipinski definition) is 0. The lowest BCUT2D eigenvalue weighted by Crippen LogP contribution is -2.35. The van der Waals surface area contributed by atoms with Gasteiger partial charge in [-0.2, -0.15) is 0 Å². The summed E-state index contributed by atoms with van der Waals surface area (Å²) >= 11 is 7.27. The number of thioether (sulfide) groups is 1. The van der Waals surface area contributed by atoms with Gasteiger partial charge in [-0.1, -0.05) is 6.07 Å². The predicted octanol–water partition coefficient (Wildman–Crippen LogP) is 1.81. The van der Waals surface area contributed by atoms with E-state index in [4.69, 9.17) is 21.7 Å². The molecule has 0 bridgehead atoms. The van der Waals surface area contributed by atoms with E-state index in [1.54, 1.807) is 16.7 Å². The van der Waals surface area contributed by atoms with E-state index in [9.17, 15) is 4.79 Å². The van der Waals surface area contributed by atoms with Gasteiger partial charge in [-0.25, -0.2) is 0 Å². The molecule has 1 aromatic rings. The number of amides is 1. The standard InChI is InChI=1S/C14H14N2O3S2/c1-8-16-10(6-21-8)13(17)15(14(16)20)5-9-2-3-11-12(4-9)19-7-18-11/h2-4,8,10H,5-7H2,1H3/t8-,10-/m1/s1. The normalized spacial score (nSPS) is 26.7. The van der Waals surface area contributed by atoms with Gasteiger partial charge in [0.25, 0.3) is 5.91 Å². The van der Waals surface area contributed by atoms with Gasteiger partial charge < -0.3 is 14.4 Å². The van der Waals surface area contributed by atoms with Gasteiger partial charge in [-0.15, -0.1) is 11.8 Å². The van der Waals surface area contributed by atoms with Crippen LogP contribution in [-0.4, -0.2) is 44.8 Å². The van der Waals surface area contributed by atoms with E-state index in [1.165, 1.54) is 0 Å². The van der Waals surface area contributed by atoms with E-state index < -0.39 is 0 Å². The molecule has 21 heavy (non-hydrogen) atoms. The molecular weight excluding hydrogens is 308 g/mol. The van der Waals surface area contributed by atoms with Crippen molar-refractivity contribution in [3.63, 3.8) is 0 Å². The molecule has 5 nitrogen and oxygen atoms in total. The van der Waals surface area contributed by atoms with Crippen LogP contribution in [0.2, 0.25) is 0 Å². The van der Waals surface area contributed by atoms with Gasteiger partial charge in [0.1, 0.15) is 6.04 Å². The predicted molar refractivity (Wildman–Crippen MR) is 83.3 cm³/mol. The van der Waals surface area contributed by atoms with Crippen molar-refractivity contribution in [3.8, 4) is 11.5 Å². The third-order valence-electron chi connectivity index (χ3n) is 4.00. The molecule has 3 aliphatic heterocycles. The molecule has 0 aliphatic carbocycles. The molecule has 1 amide bonds. The largest absolute Gasteiger partial charge is 0.454 e. The number of ether oxygens (including phenoxy) is 2. The number of benzene rings is 1. The van der Waals surface area contributed by atoms with Crippen LogP contribution in [0.15, 0.2) is 18.2 Å². The molecule has 2 fully saturated rings. The first-order valence-electron chi connectivity index (χ1n) is 6.79. The molecule has 110 valence electrons. The van der Waals surface area contributed by atoms with Crippen LogP contribution < -0.4 is 9.47 Å². The molecule has 0 aromatic heterocycles. The first kappa shape index (κ1) is 13.2. The van der Waals surface area contributed by atoms with Crippen molar-refractivity contribution >= 4 is 35.0 Å². The Kier molecular flexibility index (Phi) is 3.00. The SMILES string of the molecule is C[C@H]1SC[C@@H]2C(=O)N(Cc3ccc4c(c3)OCO4)C(=S)N21. The fraction of sp³-hybridized carbons (Fsp3) is 0.429. The van der Waals surface area contributed by atoms with Crippen molar-refractivity contribution in [3.05, 3.63) is 23.8 Å². The van der Waals surface area contributed by atoms with Gasteiger partial charge in [0, 0.05) is 5.75 Å². The Labute approximate surface area is 132 Å². The van der Waals surface area contributed by atoms with Crippen LogP contribution >= 0.6 is 24.0 Å². The number of nitrogens with zero attached hydrogens (tertiary/aromatic N) is 2. The van der Waals surface area contributed by atoms with E-state index in [0.29, 0.717) is 11.7 Å². The smallest absolute Gasteiger partial charge is 0.252 e. The average molecular weight is 322 g/mol. The Bertz CT molecular complexity index is 637. The minimum absolute atomic E-state index is 0.0912. The summed E-state index contributed by atoms with van der Waals surface area (Å²) in [7, 11) is 0. The highest BCUT2D eigenvalue weighted by Crippen LogP contribution is 2.37. The van der Waals surface area contributed by atoms with Gasteiger partial charge >= 0.3 is 0 Å². The van der Waals surface area contributed by atoms with E-state index in [0.717, 1.165) is 22.8 Å². The summed E-state index contributed by atoms with van der Waals surface area (Å²) in [6.45, 7) is 2.83. The van der Waals surface area contributed by atoms with E-state index >= 15 is 0 Å². The second-order valence-electron chi connectivity index (χ2n) is 5.25. The fourth-order valence-corrected chi connectivity index (χ4v) is 4.58. The molecule has 4 rings (SSSR count). The Morgan fingerprint density at radius 1 is 1.38 bits per heavy atom. The Hall–Kier alpha value is -1.47. The van der Waals surface area contributed by atoms with E-state index in [1.807, 2.05) is 18.2 Å². The molecule has 0 unspecified atom stereocenters. The minimum atomic E-state index is -0.0912. The molecule has 2 atom stereocenters. The van der Waals surface area contributed by atoms with Crippen molar-refractivity contribution < 1.29 is 14.3 Å². The van der Waals surface area contributed by atoms with Crippen LogP contribution in [0.1, 0.15) is 12.5 Å². The molecule has 0 spiro atoms. The van der Waals surface area contributed by atoms with Crippen molar-refractivity contribution in [1.82, 2.24) is 9.80 Å². The monoisotopic (exact) mass is 322 g/mol. The number of thiocarbonyl (C=S) groups is 1. The molecule has 0 radical (unpaired) electrons. The van der Waals surface area contributed by atoms with E-state index in [2.05, 4.69) is 11.8 Å². The van der Waals surface area contributed by atoms with Crippen LogP contribution in [-0.2, 0) is 11.3 Å². The van der Waals surface area contributed by atoms with Gasteiger partial charge in [0.15, 0.2) is 16.6 Å². The second kappa shape index (κ2) is 4.78. The number of rotatable bonds is 2. The summed E-state index contributed by atoms with van der Waals surface area (Å²) in [5.74, 6) is 2.40. The van der Waals surface area contributed by atoms with Crippen LogP contribution in [0.3, 0.4) is 0 Å². The molecule has 2 saturated heterocycles. The molecule has 3 heterocycles. The fourth-order valence-electron chi connectivity index (χ4n) is 2.90. The first-order valence-corrected chi connectivity index (χ1v) is 8.24. The summed E-state index contributed by atoms with van der Waals surface area (Å²) in [6.07, 6.45) is 0. The first-order chi connectivity index (χ1) is 10.1. The lowest BCUT2D eigenvalue weighted by Gasteiger charge is -2.22. The summed E-state index contributed by atoms with van der Waals surface area (Å²) in [5, 5.41) is 0.911. The molecule has 0 saturated carbocycles. The summed E-state index contributed by atoms with van der Waals surface area (Å²) in [5.41, 5.74) is 0.997. The van der Waals surface area contributed by atoms with Gasteiger partial charge in [0.2, 0.25) is 6.79 Å². The number of carbonyl (C=O) groups is 1. The van der Waals surface area contributed by atoms with Gasteiger partial charge in [-0.3, -0.25) is 9.69 Å². The Balaban J connectivity index is 1.57. The maximum atomic E-state index is 12.5. The summed E-state index contributed by atoms with van der Waals surface area (Å²) in [6, 6.07) is 5.65. The van der Waals surface area contributed by atoms with Gasteiger partial charge in [0.05, 0.1) is 11.9 Å². The highest BCUT2D eigenvalue weighted by Gasteiger charge is 2.48. The zero-order chi connectivity index (χ0) is 14.6. The summed E-state index contributed by atoms with van der Waals surface area (Å²) < 4.78 is 10.7. The van der Waals surface area contributed by atoms with Crippen molar-refractivity contribution in [2.24, 2.45) is 0 Å². The lowest BCUT2D eigenvalue weighted by molar-refractivity contribution is -0.127. The highest BCUT2D eigenvalue weighted by atomic mass is 32.2. The van der Waals surface area contributed by atoms with Crippen LogP contribution in [0.25, 0.3) is 0 Å². The molecule has 1 aromatic carbocycles. The molecule has 7 heteroatoms. The molecule has 3 aliphatic rings. The van der Waals surface area contributed by atoms with E-state index in [-0.39, 0.29) is 24.1 Å². The lowest BCUT2D eigenvalue weighted by atomic mass is 10.2. The number of hydrogen-bond acceptors (Lipinski definition) is 5. The van der Waals surface area contributed by atoms with Crippen molar-refractivity contribution in [2.75, 3.05) is 12.5 Å². The quantitative estimate of drug-likeness (QED) is 0.774. The maximum absolute atomic E-state index is 12.5. The Morgan fingerprint density at radius 2 is 2.19 bits per heavy atom. The van der Waals surface area contributed by atoms with Crippen molar-refractivity contribution in [1.29, 1.82) is 0 Å². The highest BCUT2D eigenvalue weighted by molar-refractivity contribution is 8.00. The maximum Gasteiger partial charge on any atom is 0.252 e. The van der Waals surface area contributed by atoms with Gasteiger partial charge in [-0.05, 0) is 36.8 Å². The minimum Gasteiger partial charge on any atom is -0.454 e.